The molecule has 0 aliphatic carbocycles. The van der Waals surface area contributed by atoms with Crippen LogP contribution in [0.25, 0.3) is 0 Å². The zero-order valence-corrected chi connectivity index (χ0v) is 18.3. The van der Waals surface area contributed by atoms with Gasteiger partial charge in [-0.25, -0.2) is 12.7 Å². The van der Waals surface area contributed by atoms with Crippen molar-refractivity contribution in [2.45, 2.75) is 31.8 Å². The number of Topliss-reactive ketones (excluding diaryl/α,β-unsaturated/α-hetero) is 1. The first-order valence-electron chi connectivity index (χ1n) is 9.48. The molecule has 0 saturated carbocycles. The second kappa shape index (κ2) is 8.41. The second-order valence-electron chi connectivity index (χ2n) is 7.40. The minimum atomic E-state index is -3.70. The maximum Gasteiger partial charge on any atom is 0.251 e. The van der Waals surface area contributed by atoms with Crippen LogP contribution in [-0.4, -0.2) is 41.7 Å². The Morgan fingerprint density at radius 1 is 1.03 bits per heavy atom. The first-order valence-corrected chi connectivity index (χ1v) is 10.9. The Kier molecular flexibility index (Phi) is 6.09. The van der Waals surface area contributed by atoms with E-state index in [0.717, 1.165) is 25.8 Å². The van der Waals surface area contributed by atoms with Crippen molar-refractivity contribution < 1.29 is 13.2 Å². The summed E-state index contributed by atoms with van der Waals surface area (Å²) in [6.45, 7) is 4.22. The normalized spacial score (nSPS) is 11.8. The standard InChI is InChI=1S/C22H25N3O4S/c1-16-12-20(17(2)25(16)13-18-8-6-5-7-9-18)21(26)15-24-14-19(10-11-22(24)27)30(28,29)23(3)4/h5-12,14H,13,15H2,1-4H3. The molecule has 0 aliphatic rings. The van der Waals surface area contributed by atoms with E-state index in [-0.39, 0.29) is 17.2 Å². The molecule has 0 N–H and O–H groups in total. The third-order valence-electron chi connectivity index (χ3n) is 5.11. The van der Waals surface area contributed by atoms with Crippen molar-refractivity contribution in [3.8, 4) is 0 Å². The SMILES string of the molecule is Cc1cc(C(=O)Cn2cc(S(=O)(=O)N(C)C)ccc2=O)c(C)n1Cc1ccccc1. The highest BCUT2D eigenvalue weighted by Gasteiger charge is 2.20. The second-order valence-corrected chi connectivity index (χ2v) is 9.55. The molecular formula is C22H25N3O4S. The molecule has 0 bridgehead atoms. The number of benzene rings is 1. The zero-order valence-electron chi connectivity index (χ0n) is 17.5. The molecular weight excluding hydrogens is 402 g/mol. The van der Waals surface area contributed by atoms with E-state index in [2.05, 4.69) is 4.57 Å². The smallest absolute Gasteiger partial charge is 0.251 e. The van der Waals surface area contributed by atoms with Crippen molar-refractivity contribution in [2.24, 2.45) is 0 Å². The van der Waals surface area contributed by atoms with Crippen LogP contribution >= 0.6 is 0 Å². The molecule has 3 rings (SSSR count). The molecule has 0 saturated heterocycles. The number of sulfonamides is 1. The van der Waals surface area contributed by atoms with Crippen molar-refractivity contribution in [2.75, 3.05) is 14.1 Å². The van der Waals surface area contributed by atoms with E-state index in [0.29, 0.717) is 12.1 Å². The van der Waals surface area contributed by atoms with Gasteiger partial charge in [-0.1, -0.05) is 30.3 Å². The molecule has 0 amide bonds. The van der Waals surface area contributed by atoms with E-state index < -0.39 is 15.6 Å². The summed E-state index contributed by atoms with van der Waals surface area (Å²) >= 11 is 0. The van der Waals surface area contributed by atoms with Gasteiger partial charge in [0.2, 0.25) is 10.0 Å². The van der Waals surface area contributed by atoms with Gasteiger partial charge in [0.15, 0.2) is 5.78 Å². The van der Waals surface area contributed by atoms with Crippen molar-refractivity contribution in [3.05, 3.63) is 87.6 Å². The highest BCUT2D eigenvalue weighted by atomic mass is 32.2. The average molecular weight is 428 g/mol. The van der Waals surface area contributed by atoms with Crippen LogP contribution in [0.2, 0.25) is 0 Å². The molecule has 7 nitrogen and oxygen atoms in total. The number of hydrogen-bond acceptors (Lipinski definition) is 4. The maximum absolute atomic E-state index is 13.0. The fraction of sp³-hybridized carbons (Fsp3) is 0.273. The van der Waals surface area contributed by atoms with Crippen molar-refractivity contribution >= 4 is 15.8 Å². The number of aryl methyl sites for hydroxylation is 1. The van der Waals surface area contributed by atoms with Gasteiger partial charge >= 0.3 is 0 Å². The average Bonchev–Trinajstić information content (AvgIpc) is 2.98. The number of carbonyl (C=O) groups excluding carboxylic acids is 1. The van der Waals surface area contributed by atoms with E-state index in [9.17, 15) is 18.0 Å². The topological polar surface area (TPSA) is 81.4 Å². The predicted octanol–water partition coefficient (Wildman–Crippen LogP) is 2.45. The lowest BCUT2D eigenvalue weighted by Crippen LogP contribution is -2.27. The summed E-state index contributed by atoms with van der Waals surface area (Å²) in [7, 11) is -0.875. The van der Waals surface area contributed by atoms with Gasteiger partial charge in [-0.3, -0.25) is 9.59 Å². The van der Waals surface area contributed by atoms with Crippen molar-refractivity contribution in [3.63, 3.8) is 0 Å². The molecule has 3 aromatic rings. The number of hydrogen-bond donors (Lipinski definition) is 0. The summed E-state index contributed by atoms with van der Waals surface area (Å²) in [5.41, 5.74) is 2.97. The molecule has 158 valence electrons. The van der Waals surface area contributed by atoms with Gasteiger partial charge in [-0.05, 0) is 31.5 Å². The molecule has 0 unspecified atom stereocenters. The third kappa shape index (κ3) is 4.29. The molecule has 0 radical (unpaired) electrons. The number of carbonyl (C=O) groups is 1. The van der Waals surface area contributed by atoms with Crippen LogP contribution in [0.5, 0.6) is 0 Å². The van der Waals surface area contributed by atoms with Crippen molar-refractivity contribution in [1.29, 1.82) is 0 Å². The van der Waals surface area contributed by atoms with Crippen LogP contribution in [0, 0.1) is 13.8 Å². The van der Waals surface area contributed by atoms with Gasteiger partial charge in [-0.15, -0.1) is 0 Å². The molecule has 2 aromatic heterocycles. The number of rotatable bonds is 7. The van der Waals surface area contributed by atoms with Gasteiger partial charge in [0.1, 0.15) is 0 Å². The molecule has 0 fully saturated rings. The predicted molar refractivity (Wildman–Crippen MR) is 115 cm³/mol. The molecule has 8 heteroatoms. The third-order valence-corrected chi connectivity index (χ3v) is 6.91. The van der Waals surface area contributed by atoms with Gasteiger partial charge in [0, 0.05) is 49.9 Å². The molecule has 1 aromatic carbocycles. The molecule has 2 heterocycles. The van der Waals surface area contributed by atoms with Crippen LogP contribution in [-0.2, 0) is 23.1 Å². The number of aromatic nitrogens is 2. The first-order chi connectivity index (χ1) is 14.1. The largest absolute Gasteiger partial charge is 0.344 e. The highest BCUT2D eigenvalue weighted by Crippen LogP contribution is 2.19. The van der Waals surface area contributed by atoms with Crippen LogP contribution in [0.4, 0.5) is 0 Å². The lowest BCUT2D eigenvalue weighted by molar-refractivity contribution is 0.0970. The Labute approximate surface area is 176 Å². The Balaban J connectivity index is 1.90. The molecule has 0 atom stereocenters. The fourth-order valence-electron chi connectivity index (χ4n) is 3.33. The summed E-state index contributed by atoms with van der Waals surface area (Å²) in [6, 6.07) is 14.2. The Morgan fingerprint density at radius 3 is 2.33 bits per heavy atom. The van der Waals surface area contributed by atoms with Gasteiger partial charge in [0.05, 0.1) is 11.4 Å². The summed E-state index contributed by atoms with van der Waals surface area (Å²) in [6.07, 6.45) is 1.22. The van der Waals surface area contributed by atoms with Crippen LogP contribution < -0.4 is 5.56 Å². The summed E-state index contributed by atoms with van der Waals surface area (Å²) < 4.78 is 29.0. The van der Waals surface area contributed by atoms with Crippen LogP contribution in [0.15, 0.2) is 64.4 Å². The summed E-state index contributed by atoms with van der Waals surface area (Å²) in [5.74, 6) is -0.246. The van der Waals surface area contributed by atoms with Crippen LogP contribution in [0.1, 0.15) is 27.3 Å². The number of pyridine rings is 1. The molecule has 0 aliphatic heterocycles. The molecule has 0 spiro atoms. The van der Waals surface area contributed by atoms with Gasteiger partial charge < -0.3 is 9.13 Å². The van der Waals surface area contributed by atoms with E-state index in [4.69, 9.17) is 0 Å². The first kappa shape index (κ1) is 21.7. The van der Waals surface area contributed by atoms with Gasteiger partial charge in [-0.2, -0.15) is 0 Å². The number of ketones is 1. The van der Waals surface area contributed by atoms with E-state index >= 15 is 0 Å². The van der Waals surface area contributed by atoms with E-state index in [1.165, 1.54) is 32.4 Å². The fourth-order valence-corrected chi connectivity index (χ4v) is 4.25. The summed E-state index contributed by atoms with van der Waals surface area (Å²) in [4.78, 5) is 25.2. The van der Waals surface area contributed by atoms with E-state index in [1.807, 2.05) is 50.2 Å². The van der Waals surface area contributed by atoms with Gasteiger partial charge in [0.25, 0.3) is 5.56 Å². The van der Waals surface area contributed by atoms with Crippen molar-refractivity contribution in [1.82, 2.24) is 13.4 Å². The lowest BCUT2D eigenvalue weighted by atomic mass is 10.1. The monoisotopic (exact) mass is 427 g/mol. The minimum absolute atomic E-state index is 0.0329. The lowest BCUT2D eigenvalue weighted by Gasteiger charge is -2.13. The minimum Gasteiger partial charge on any atom is -0.344 e. The Morgan fingerprint density at radius 2 is 1.70 bits per heavy atom. The summed E-state index contributed by atoms with van der Waals surface area (Å²) in [5, 5.41) is 0. The maximum atomic E-state index is 13.0. The van der Waals surface area contributed by atoms with Crippen LogP contribution in [0.3, 0.4) is 0 Å². The highest BCUT2D eigenvalue weighted by molar-refractivity contribution is 7.89. The Bertz CT molecular complexity index is 1240. The van der Waals surface area contributed by atoms with E-state index in [1.54, 1.807) is 0 Å². The zero-order chi connectivity index (χ0) is 22.1. The Hall–Kier alpha value is -2.97. The molecule has 30 heavy (non-hydrogen) atoms. The number of nitrogens with zero attached hydrogens (tertiary/aromatic N) is 3. The quantitative estimate of drug-likeness (QED) is 0.543.